The quantitative estimate of drug-likeness (QED) is 0.343. The lowest BCUT2D eigenvalue weighted by atomic mass is 9.96. The van der Waals surface area contributed by atoms with Crippen LogP contribution in [0.15, 0.2) is 70.2 Å². The number of amides is 1. The number of carbonyl (C=O) groups is 1. The molecule has 2 aromatic heterocycles. The molecule has 0 spiro atoms. The van der Waals surface area contributed by atoms with Gasteiger partial charge in [-0.1, -0.05) is 35.1 Å². The number of ether oxygens (including phenoxy) is 1. The van der Waals surface area contributed by atoms with Gasteiger partial charge in [0.25, 0.3) is 0 Å². The van der Waals surface area contributed by atoms with Gasteiger partial charge in [0, 0.05) is 19.0 Å². The van der Waals surface area contributed by atoms with Crippen LogP contribution in [0.25, 0.3) is 10.2 Å². The number of aryl methyl sites for hydroxylation is 1. The van der Waals surface area contributed by atoms with E-state index in [0.717, 1.165) is 10.3 Å². The van der Waals surface area contributed by atoms with Crippen molar-refractivity contribution >= 4 is 42.6 Å². The van der Waals surface area contributed by atoms with Gasteiger partial charge < -0.3 is 9.15 Å². The van der Waals surface area contributed by atoms with Crippen LogP contribution in [0.1, 0.15) is 24.2 Å². The smallest absolute Gasteiger partial charge is 0.243 e. The summed E-state index contributed by atoms with van der Waals surface area (Å²) in [6.45, 7) is 2.74. The molecule has 4 aromatic rings. The van der Waals surface area contributed by atoms with E-state index in [2.05, 4.69) is 0 Å². The highest BCUT2D eigenvalue weighted by Crippen LogP contribution is 2.36. The van der Waals surface area contributed by atoms with Gasteiger partial charge in [-0.25, -0.2) is 13.4 Å². The third kappa shape index (κ3) is 4.76. The van der Waals surface area contributed by atoms with Gasteiger partial charge >= 0.3 is 0 Å². The summed E-state index contributed by atoms with van der Waals surface area (Å²) in [5.41, 5.74) is 1.71. The number of benzene rings is 2. The minimum absolute atomic E-state index is 0.0863. The van der Waals surface area contributed by atoms with Crippen LogP contribution in [-0.4, -0.2) is 43.8 Å². The van der Waals surface area contributed by atoms with Crippen LogP contribution >= 0.6 is 11.3 Å². The monoisotopic (exact) mass is 525 g/mol. The van der Waals surface area contributed by atoms with Crippen LogP contribution in [0.5, 0.6) is 5.75 Å². The van der Waals surface area contributed by atoms with Crippen LogP contribution in [0.2, 0.25) is 0 Å². The first-order valence-corrected chi connectivity index (χ1v) is 14.0. The van der Waals surface area contributed by atoms with Gasteiger partial charge in [0.1, 0.15) is 17.0 Å². The zero-order valence-corrected chi connectivity index (χ0v) is 21.7. The number of nitrogens with zero attached hydrogens (tertiary/aromatic N) is 3. The first-order valence-electron chi connectivity index (χ1n) is 11.7. The SMILES string of the molecule is COc1cccc2sc(N(Cc3ccco3)C(=O)C3CCN(S(=O)(=O)c4ccc(C)cc4)CC3)nc12. The molecule has 0 N–H and O–H groups in total. The van der Waals surface area contributed by atoms with E-state index in [-0.39, 0.29) is 36.4 Å². The number of aromatic nitrogens is 1. The molecule has 0 saturated carbocycles. The molecule has 188 valence electrons. The molecule has 1 amide bonds. The van der Waals surface area contributed by atoms with E-state index in [0.29, 0.717) is 35.0 Å². The van der Waals surface area contributed by atoms with Crippen LogP contribution in [0.3, 0.4) is 0 Å². The van der Waals surface area contributed by atoms with Crippen molar-refractivity contribution in [2.24, 2.45) is 5.92 Å². The van der Waals surface area contributed by atoms with Crippen molar-refractivity contribution in [2.75, 3.05) is 25.1 Å². The first-order chi connectivity index (χ1) is 17.4. The van der Waals surface area contributed by atoms with Crippen molar-refractivity contribution < 1.29 is 22.4 Å². The highest BCUT2D eigenvalue weighted by molar-refractivity contribution is 7.89. The molecule has 1 saturated heterocycles. The lowest BCUT2D eigenvalue weighted by Gasteiger charge is -2.32. The molecule has 2 aromatic carbocycles. The maximum absolute atomic E-state index is 13.8. The highest BCUT2D eigenvalue weighted by Gasteiger charge is 2.35. The Morgan fingerprint density at radius 2 is 1.89 bits per heavy atom. The lowest BCUT2D eigenvalue weighted by molar-refractivity contribution is -0.123. The summed E-state index contributed by atoms with van der Waals surface area (Å²) in [7, 11) is -2.00. The Balaban J connectivity index is 1.37. The number of carbonyl (C=O) groups excluding carboxylic acids is 1. The molecule has 1 aliphatic heterocycles. The van der Waals surface area contributed by atoms with E-state index < -0.39 is 10.0 Å². The number of hydrogen-bond donors (Lipinski definition) is 0. The number of hydrogen-bond acceptors (Lipinski definition) is 7. The zero-order chi connectivity index (χ0) is 25.3. The largest absolute Gasteiger partial charge is 0.494 e. The molecular formula is C26H27N3O5S2. The summed E-state index contributed by atoms with van der Waals surface area (Å²) in [5.74, 6) is 0.888. The molecule has 0 aliphatic carbocycles. The Hall–Kier alpha value is -3.21. The van der Waals surface area contributed by atoms with Gasteiger partial charge in [-0.3, -0.25) is 9.69 Å². The third-order valence-corrected chi connectivity index (χ3v) is 9.40. The van der Waals surface area contributed by atoms with Crippen molar-refractivity contribution in [2.45, 2.75) is 31.2 Å². The number of rotatable bonds is 7. The van der Waals surface area contributed by atoms with Gasteiger partial charge in [-0.2, -0.15) is 4.31 Å². The van der Waals surface area contributed by atoms with Crippen LogP contribution in [-0.2, 0) is 21.4 Å². The fourth-order valence-electron chi connectivity index (χ4n) is 4.41. The molecule has 10 heteroatoms. The van der Waals surface area contributed by atoms with Gasteiger partial charge in [0.05, 0.1) is 29.5 Å². The van der Waals surface area contributed by atoms with Crippen molar-refractivity contribution in [1.82, 2.24) is 9.29 Å². The number of sulfonamides is 1. The van der Waals surface area contributed by atoms with E-state index in [4.69, 9.17) is 14.1 Å². The topological polar surface area (TPSA) is 93.0 Å². The molecule has 8 nitrogen and oxygen atoms in total. The highest BCUT2D eigenvalue weighted by atomic mass is 32.2. The van der Waals surface area contributed by atoms with Crippen molar-refractivity contribution in [3.05, 3.63) is 72.2 Å². The van der Waals surface area contributed by atoms with E-state index in [1.165, 1.54) is 15.6 Å². The summed E-state index contributed by atoms with van der Waals surface area (Å²) in [6.07, 6.45) is 2.45. The average Bonchev–Trinajstić information content (AvgIpc) is 3.57. The maximum atomic E-state index is 13.8. The molecule has 1 fully saturated rings. The second-order valence-electron chi connectivity index (χ2n) is 8.80. The van der Waals surface area contributed by atoms with Gasteiger partial charge in [0.15, 0.2) is 5.13 Å². The number of thiazole rings is 1. The summed E-state index contributed by atoms with van der Waals surface area (Å²) in [5, 5.41) is 0.561. The third-order valence-electron chi connectivity index (χ3n) is 6.44. The van der Waals surface area contributed by atoms with Crippen LogP contribution in [0.4, 0.5) is 5.13 Å². The molecule has 0 radical (unpaired) electrons. The predicted molar refractivity (Wildman–Crippen MR) is 139 cm³/mol. The zero-order valence-electron chi connectivity index (χ0n) is 20.1. The number of fused-ring (bicyclic) bond motifs is 1. The molecule has 0 bridgehead atoms. The number of para-hydroxylation sites is 1. The number of furan rings is 1. The second-order valence-corrected chi connectivity index (χ2v) is 11.7. The van der Waals surface area contributed by atoms with Crippen molar-refractivity contribution in [3.63, 3.8) is 0 Å². The second kappa shape index (κ2) is 10.0. The van der Waals surface area contributed by atoms with E-state index >= 15 is 0 Å². The Labute approximate surface area is 214 Å². The fraction of sp³-hybridized carbons (Fsp3) is 0.308. The maximum Gasteiger partial charge on any atom is 0.243 e. The molecule has 3 heterocycles. The van der Waals surface area contributed by atoms with E-state index in [1.54, 1.807) is 48.6 Å². The van der Waals surface area contributed by atoms with E-state index in [1.807, 2.05) is 31.2 Å². The molecule has 5 rings (SSSR count). The molecule has 36 heavy (non-hydrogen) atoms. The van der Waals surface area contributed by atoms with Crippen molar-refractivity contribution in [3.8, 4) is 5.75 Å². The van der Waals surface area contributed by atoms with Crippen molar-refractivity contribution in [1.29, 1.82) is 0 Å². The first kappa shape index (κ1) is 24.5. The van der Waals surface area contributed by atoms with Gasteiger partial charge in [0.2, 0.25) is 15.9 Å². The molecule has 0 atom stereocenters. The Morgan fingerprint density at radius 1 is 1.14 bits per heavy atom. The molecule has 0 unspecified atom stereocenters. The fourth-order valence-corrected chi connectivity index (χ4v) is 6.87. The standard InChI is InChI=1S/C26H27N3O5S2/c1-18-8-10-21(11-9-18)36(31,32)28-14-12-19(13-15-28)25(30)29(17-20-5-4-16-34-20)26-27-24-22(33-2)6-3-7-23(24)35-26/h3-11,16,19H,12-15,17H2,1-2H3. The lowest BCUT2D eigenvalue weighted by Crippen LogP contribution is -2.44. The Kier molecular flexibility index (Phi) is 6.83. The van der Waals surface area contributed by atoms with Gasteiger partial charge in [-0.15, -0.1) is 0 Å². The minimum Gasteiger partial charge on any atom is -0.494 e. The van der Waals surface area contributed by atoms with Gasteiger partial charge in [-0.05, 0) is 56.2 Å². The van der Waals surface area contributed by atoms with Crippen LogP contribution in [0, 0.1) is 12.8 Å². The predicted octanol–water partition coefficient (Wildman–Crippen LogP) is 4.84. The number of methoxy groups -OCH3 is 1. The summed E-state index contributed by atoms with van der Waals surface area (Å²) < 4.78 is 39.6. The van der Waals surface area contributed by atoms with E-state index in [9.17, 15) is 13.2 Å². The summed E-state index contributed by atoms with van der Waals surface area (Å²) in [6, 6.07) is 16.1. The van der Waals surface area contributed by atoms with Crippen LogP contribution < -0.4 is 9.64 Å². The number of anilines is 1. The number of piperidine rings is 1. The molecule has 1 aliphatic rings. The average molecular weight is 526 g/mol. The summed E-state index contributed by atoms with van der Waals surface area (Å²) in [4.78, 5) is 20.4. The minimum atomic E-state index is -3.60. The Morgan fingerprint density at radius 3 is 2.56 bits per heavy atom. The summed E-state index contributed by atoms with van der Waals surface area (Å²) >= 11 is 1.42. The molecular weight excluding hydrogens is 498 g/mol. The normalized spacial score (nSPS) is 15.3. The Bertz CT molecular complexity index is 1460.